The molecule has 0 aliphatic carbocycles. The maximum absolute atomic E-state index is 13.1. The van der Waals surface area contributed by atoms with Crippen LogP contribution in [0.2, 0.25) is 0 Å². The summed E-state index contributed by atoms with van der Waals surface area (Å²) < 4.78 is 14.3. The van der Waals surface area contributed by atoms with Gasteiger partial charge in [-0.3, -0.25) is 24.2 Å². The number of fused-ring (bicyclic) bond motifs is 1. The number of benzene rings is 1. The Labute approximate surface area is 187 Å². The van der Waals surface area contributed by atoms with Gasteiger partial charge in [0.1, 0.15) is 17.2 Å². The normalized spacial score (nSPS) is 11.2. The zero-order valence-corrected chi connectivity index (χ0v) is 18.3. The molecule has 1 aromatic carbocycles. The van der Waals surface area contributed by atoms with Crippen molar-refractivity contribution >= 4 is 17.1 Å². The molecular formula is C22H24FN7O3. The van der Waals surface area contributed by atoms with E-state index in [9.17, 15) is 18.8 Å². The molecule has 0 fully saturated rings. The maximum atomic E-state index is 13.1. The SMILES string of the molecule is CN(CCCc1cc(-c2ccc(F)cc2)n[nH]1)C(=O)CCc1nc2c([nH]1)c(=O)[nH]c(=O)n2C. The highest BCUT2D eigenvalue weighted by molar-refractivity contribution is 5.76. The van der Waals surface area contributed by atoms with Crippen LogP contribution in [0.5, 0.6) is 0 Å². The van der Waals surface area contributed by atoms with Gasteiger partial charge in [-0.25, -0.2) is 14.2 Å². The van der Waals surface area contributed by atoms with Crippen LogP contribution in [-0.4, -0.2) is 54.1 Å². The number of H-pyrrole nitrogens is 3. The van der Waals surface area contributed by atoms with Gasteiger partial charge < -0.3 is 9.88 Å². The van der Waals surface area contributed by atoms with Crippen LogP contribution in [0.15, 0.2) is 39.9 Å². The third-order valence-corrected chi connectivity index (χ3v) is 5.52. The molecule has 33 heavy (non-hydrogen) atoms. The summed E-state index contributed by atoms with van der Waals surface area (Å²) in [5.74, 6) is 0.140. The maximum Gasteiger partial charge on any atom is 0.329 e. The van der Waals surface area contributed by atoms with Crippen molar-refractivity contribution in [2.75, 3.05) is 13.6 Å². The number of aromatic nitrogens is 6. The number of nitrogens with one attached hydrogen (secondary N) is 3. The average molecular weight is 453 g/mol. The number of rotatable bonds is 8. The Bertz CT molecular complexity index is 1400. The standard InChI is InChI=1S/C22H24FN7O3/c1-29(11-3-4-15-12-16(28-27-15)13-5-7-14(23)8-6-13)18(31)10-9-17-24-19-20(25-17)30(2)22(33)26-21(19)32/h5-8,12H,3-4,9-11H2,1-2H3,(H,24,25)(H,27,28)(H,26,32,33). The van der Waals surface area contributed by atoms with Gasteiger partial charge in [0.15, 0.2) is 5.65 Å². The first-order valence-corrected chi connectivity index (χ1v) is 10.5. The van der Waals surface area contributed by atoms with Crippen LogP contribution in [0.1, 0.15) is 24.4 Å². The molecule has 4 rings (SSSR count). The molecule has 0 unspecified atom stereocenters. The Balaban J connectivity index is 1.27. The van der Waals surface area contributed by atoms with Gasteiger partial charge in [0.2, 0.25) is 5.91 Å². The van der Waals surface area contributed by atoms with Crippen molar-refractivity contribution < 1.29 is 9.18 Å². The second kappa shape index (κ2) is 9.23. The Morgan fingerprint density at radius 3 is 2.67 bits per heavy atom. The third kappa shape index (κ3) is 4.92. The number of halogens is 1. The Morgan fingerprint density at radius 2 is 1.91 bits per heavy atom. The molecule has 0 atom stereocenters. The zero-order valence-electron chi connectivity index (χ0n) is 18.3. The number of carbonyl (C=O) groups excluding carboxylic acids is 1. The first-order chi connectivity index (χ1) is 15.8. The van der Waals surface area contributed by atoms with E-state index >= 15 is 0 Å². The van der Waals surface area contributed by atoms with Crippen LogP contribution in [0.3, 0.4) is 0 Å². The van der Waals surface area contributed by atoms with Crippen LogP contribution >= 0.6 is 0 Å². The van der Waals surface area contributed by atoms with Crippen molar-refractivity contribution in [3.8, 4) is 11.3 Å². The summed E-state index contributed by atoms with van der Waals surface area (Å²) in [6.07, 6.45) is 2.01. The van der Waals surface area contributed by atoms with Crippen molar-refractivity contribution in [2.24, 2.45) is 7.05 Å². The second-order valence-corrected chi connectivity index (χ2v) is 7.90. The molecule has 3 N–H and O–H groups in total. The van der Waals surface area contributed by atoms with Crippen molar-refractivity contribution in [1.29, 1.82) is 0 Å². The van der Waals surface area contributed by atoms with Gasteiger partial charge >= 0.3 is 5.69 Å². The molecule has 0 saturated heterocycles. The van der Waals surface area contributed by atoms with Crippen LogP contribution in [0.25, 0.3) is 22.4 Å². The minimum absolute atomic E-state index is 0.0464. The summed E-state index contributed by atoms with van der Waals surface area (Å²) in [6, 6.07) is 8.08. The highest BCUT2D eigenvalue weighted by Crippen LogP contribution is 2.18. The fourth-order valence-corrected chi connectivity index (χ4v) is 3.58. The molecule has 10 nitrogen and oxygen atoms in total. The van der Waals surface area contributed by atoms with Gasteiger partial charge in [0.25, 0.3) is 5.56 Å². The molecule has 11 heteroatoms. The lowest BCUT2D eigenvalue weighted by atomic mass is 10.1. The van der Waals surface area contributed by atoms with Crippen LogP contribution in [0.4, 0.5) is 4.39 Å². The summed E-state index contributed by atoms with van der Waals surface area (Å²) in [6.45, 7) is 0.567. The number of nitrogens with zero attached hydrogens (tertiary/aromatic N) is 4. The highest BCUT2D eigenvalue weighted by atomic mass is 19.1. The predicted molar refractivity (Wildman–Crippen MR) is 120 cm³/mol. The van der Waals surface area contributed by atoms with Gasteiger partial charge in [0, 0.05) is 44.7 Å². The summed E-state index contributed by atoms with van der Waals surface area (Å²) in [5, 5.41) is 7.25. The second-order valence-electron chi connectivity index (χ2n) is 7.90. The molecular weight excluding hydrogens is 429 g/mol. The molecule has 0 aliphatic heterocycles. The van der Waals surface area contributed by atoms with E-state index in [4.69, 9.17) is 0 Å². The summed E-state index contributed by atoms with van der Waals surface area (Å²) in [4.78, 5) is 47.1. The minimum atomic E-state index is -0.539. The molecule has 4 aromatic rings. The molecule has 0 aliphatic rings. The summed E-state index contributed by atoms with van der Waals surface area (Å²) >= 11 is 0. The van der Waals surface area contributed by atoms with Crippen molar-refractivity contribution in [1.82, 2.24) is 34.6 Å². The molecule has 1 amide bonds. The zero-order chi connectivity index (χ0) is 23.5. The van der Waals surface area contributed by atoms with Crippen LogP contribution < -0.4 is 11.2 Å². The van der Waals surface area contributed by atoms with Crippen LogP contribution in [-0.2, 0) is 24.7 Å². The molecule has 3 heterocycles. The number of carbonyl (C=O) groups is 1. The minimum Gasteiger partial charge on any atom is -0.346 e. The Morgan fingerprint density at radius 1 is 1.15 bits per heavy atom. The smallest absolute Gasteiger partial charge is 0.329 e. The number of hydrogen-bond acceptors (Lipinski definition) is 5. The average Bonchev–Trinajstić information content (AvgIpc) is 3.44. The van der Waals surface area contributed by atoms with E-state index in [1.165, 1.54) is 23.7 Å². The van der Waals surface area contributed by atoms with E-state index in [0.717, 1.165) is 23.4 Å². The molecule has 0 saturated carbocycles. The lowest BCUT2D eigenvalue weighted by Crippen LogP contribution is -2.28. The third-order valence-electron chi connectivity index (χ3n) is 5.52. The van der Waals surface area contributed by atoms with Crippen molar-refractivity contribution in [3.63, 3.8) is 0 Å². The predicted octanol–water partition coefficient (Wildman–Crippen LogP) is 1.50. The monoisotopic (exact) mass is 453 g/mol. The van der Waals surface area contributed by atoms with E-state index < -0.39 is 11.2 Å². The number of imidazole rings is 1. The van der Waals surface area contributed by atoms with Gasteiger partial charge in [-0.15, -0.1) is 0 Å². The number of aryl methyl sites for hydroxylation is 3. The Hall–Kier alpha value is -4.02. The van der Waals surface area contributed by atoms with E-state index in [2.05, 4.69) is 25.1 Å². The first-order valence-electron chi connectivity index (χ1n) is 10.5. The lowest BCUT2D eigenvalue weighted by molar-refractivity contribution is -0.129. The van der Waals surface area contributed by atoms with Gasteiger partial charge in [-0.05, 0) is 43.2 Å². The van der Waals surface area contributed by atoms with E-state index in [0.29, 0.717) is 25.2 Å². The molecule has 0 bridgehead atoms. The molecule has 172 valence electrons. The van der Waals surface area contributed by atoms with Gasteiger partial charge in [0.05, 0.1) is 5.69 Å². The molecule has 3 aromatic heterocycles. The topological polar surface area (TPSA) is 133 Å². The number of amides is 1. The molecule has 0 radical (unpaired) electrons. The molecule has 0 spiro atoms. The fourth-order valence-electron chi connectivity index (χ4n) is 3.58. The van der Waals surface area contributed by atoms with Gasteiger partial charge in [-0.1, -0.05) is 0 Å². The quantitative estimate of drug-likeness (QED) is 0.372. The number of aromatic amines is 3. The van der Waals surface area contributed by atoms with Gasteiger partial charge in [-0.2, -0.15) is 5.10 Å². The summed E-state index contributed by atoms with van der Waals surface area (Å²) in [5.41, 5.74) is 1.93. The van der Waals surface area contributed by atoms with Crippen LogP contribution in [0, 0.1) is 5.82 Å². The van der Waals surface area contributed by atoms with E-state index in [1.54, 1.807) is 24.1 Å². The van der Waals surface area contributed by atoms with Crippen molar-refractivity contribution in [2.45, 2.75) is 25.7 Å². The van der Waals surface area contributed by atoms with E-state index in [-0.39, 0.29) is 29.3 Å². The lowest BCUT2D eigenvalue weighted by Gasteiger charge is -2.16. The fraction of sp³-hybridized carbons (Fsp3) is 0.318. The van der Waals surface area contributed by atoms with E-state index in [1.807, 2.05) is 6.07 Å². The first kappa shape index (κ1) is 22.2. The highest BCUT2D eigenvalue weighted by Gasteiger charge is 2.14. The number of hydrogen-bond donors (Lipinski definition) is 3. The summed E-state index contributed by atoms with van der Waals surface area (Å²) in [7, 11) is 3.26. The van der Waals surface area contributed by atoms with Crippen molar-refractivity contribution in [3.05, 3.63) is 68.5 Å². The largest absolute Gasteiger partial charge is 0.346 e. The Kier molecular flexibility index (Phi) is 6.20.